The fourth-order valence-electron chi connectivity index (χ4n) is 3.08. The molecule has 0 aliphatic carbocycles. The third-order valence-electron chi connectivity index (χ3n) is 5.31. The molecule has 2 aromatic carbocycles. The number of hydrogen-bond donors (Lipinski definition) is 1. The summed E-state index contributed by atoms with van der Waals surface area (Å²) in [6, 6.07) is 17.1. The molecule has 0 aliphatic rings. The van der Waals surface area contributed by atoms with E-state index in [0.29, 0.717) is 11.5 Å². The van der Waals surface area contributed by atoms with Gasteiger partial charge in [-0.2, -0.15) is 0 Å². The molecule has 0 bridgehead atoms. The molecular weight excluding hydrogens is 434 g/mol. The number of nitrogens with zero attached hydrogens (tertiary/aromatic N) is 1. The predicted octanol–water partition coefficient (Wildman–Crippen LogP) is 6.58. The van der Waals surface area contributed by atoms with Crippen LogP contribution in [0.4, 0.5) is 0 Å². The Balaban J connectivity index is 2.44. The summed E-state index contributed by atoms with van der Waals surface area (Å²) in [7, 11) is -4.56. The summed E-state index contributed by atoms with van der Waals surface area (Å²) in [4.78, 5) is 0.680. The Bertz CT molecular complexity index is 988. The van der Waals surface area contributed by atoms with Gasteiger partial charge < -0.3 is 9.53 Å². The van der Waals surface area contributed by atoms with E-state index in [2.05, 4.69) is 33.5 Å². The van der Waals surface area contributed by atoms with Crippen LogP contribution in [0, 0.1) is 18.8 Å². The molecule has 32 heavy (non-hydrogen) atoms. The average molecular weight is 474 g/mol. The Morgan fingerprint density at radius 3 is 2.16 bits per heavy atom. The first-order valence-electron chi connectivity index (χ1n) is 11.3. The van der Waals surface area contributed by atoms with Gasteiger partial charge in [0.05, 0.1) is 33.4 Å². The van der Waals surface area contributed by atoms with Gasteiger partial charge in [-0.1, -0.05) is 74.9 Å². The largest absolute Gasteiger partial charge is 0.415 e. The zero-order chi connectivity index (χ0) is 23.9. The molecule has 0 aromatic heterocycles. The molecule has 0 aliphatic heterocycles. The summed E-state index contributed by atoms with van der Waals surface area (Å²) in [6.45, 7) is 15.0. The van der Waals surface area contributed by atoms with Crippen molar-refractivity contribution >= 4 is 18.0 Å². The first-order valence-corrected chi connectivity index (χ1v) is 16.3. The molecule has 4 nitrogen and oxygen atoms in total. The van der Waals surface area contributed by atoms with Gasteiger partial charge in [-0.3, -0.25) is 0 Å². The fraction of sp³-hybridized carbons (Fsp3) is 0.462. The van der Waals surface area contributed by atoms with Gasteiger partial charge in [0.25, 0.3) is 0 Å². The Morgan fingerprint density at radius 1 is 1.03 bits per heavy atom. The summed E-state index contributed by atoms with van der Waals surface area (Å²) < 4.78 is 25.2. The monoisotopic (exact) mass is 473 g/mol. The van der Waals surface area contributed by atoms with Crippen molar-refractivity contribution in [2.45, 2.75) is 64.4 Å². The maximum atomic E-state index is 14.2. The van der Waals surface area contributed by atoms with Crippen molar-refractivity contribution in [1.82, 2.24) is 0 Å². The van der Waals surface area contributed by atoms with Gasteiger partial charge >= 0.3 is 0 Å². The third kappa shape index (κ3) is 8.00. The number of aryl methyl sites for hydroxylation is 1. The van der Waals surface area contributed by atoms with E-state index < -0.39 is 24.2 Å². The van der Waals surface area contributed by atoms with Crippen molar-refractivity contribution in [1.29, 1.82) is 0 Å². The van der Waals surface area contributed by atoms with Crippen molar-refractivity contribution in [3.05, 3.63) is 77.2 Å². The standard InChI is InChI=1S/C26H39NO3SSi/c1-20(2)25(19-30-32(5,6)7)27-31(29,24-15-13-21(3)14-16-24)18-17-22(4)26(28)23-11-9-8-10-12-23/h8-18,20,22,25-26,28H,19H2,1-7H3/b18-17+/t22-,25+,26-,31?/m0/s1. The van der Waals surface area contributed by atoms with E-state index in [1.165, 1.54) is 0 Å². The molecule has 1 unspecified atom stereocenters. The Hall–Kier alpha value is -1.73. The quantitative estimate of drug-likeness (QED) is 0.396. The SMILES string of the molecule is Cc1ccc(S(=O)(/C=C/[C@H](C)[C@H](O)c2ccccc2)=N[C@H](CO[Si](C)(C)C)C(C)C)cc1. The van der Waals surface area contributed by atoms with E-state index >= 15 is 0 Å². The minimum absolute atomic E-state index is 0.186. The second kappa shape index (κ2) is 11.4. The summed E-state index contributed by atoms with van der Waals surface area (Å²) in [6.07, 6.45) is 1.16. The Labute approximate surface area is 196 Å². The first-order chi connectivity index (χ1) is 14.9. The number of aliphatic hydroxyl groups is 1. The van der Waals surface area contributed by atoms with Gasteiger partial charge in [0.2, 0.25) is 0 Å². The second-order valence-electron chi connectivity index (χ2n) is 9.77. The normalized spacial score (nSPS) is 17.2. The predicted molar refractivity (Wildman–Crippen MR) is 138 cm³/mol. The van der Waals surface area contributed by atoms with Gasteiger partial charge in [-0.25, -0.2) is 8.57 Å². The number of hydrogen-bond acceptors (Lipinski definition) is 4. The summed E-state index contributed by atoms with van der Waals surface area (Å²) >= 11 is 0. The zero-order valence-electron chi connectivity index (χ0n) is 20.5. The molecule has 4 atom stereocenters. The Morgan fingerprint density at radius 2 is 1.62 bits per heavy atom. The second-order valence-corrected chi connectivity index (χ2v) is 16.4. The minimum Gasteiger partial charge on any atom is -0.415 e. The number of aliphatic hydroxyl groups excluding tert-OH is 1. The summed E-state index contributed by atoms with van der Waals surface area (Å²) in [5.41, 5.74) is 1.95. The van der Waals surface area contributed by atoms with Gasteiger partial charge in [0.15, 0.2) is 8.32 Å². The highest BCUT2D eigenvalue weighted by atomic mass is 32.2. The lowest BCUT2D eigenvalue weighted by Crippen LogP contribution is -2.32. The lowest BCUT2D eigenvalue weighted by Gasteiger charge is -2.24. The number of benzene rings is 2. The summed E-state index contributed by atoms with van der Waals surface area (Å²) in [5.74, 6) is -0.0204. The van der Waals surface area contributed by atoms with Crippen LogP contribution in [-0.2, 0) is 14.2 Å². The lowest BCUT2D eigenvalue weighted by molar-refractivity contribution is 0.140. The van der Waals surface area contributed by atoms with Gasteiger partial charge in [0.1, 0.15) is 0 Å². The molecule has 0 spiro atoms. The van der Waals surface area contributed by atoms with E-state index in [-0.39, 0.29) is 17.9 Å². The molecule has 2 aromatic rings. The minimum atomic E-state index is -2.84. The molecule has 0 radical (unpaired) electrons. The molecule has 0 fully saturated rings. The zero-order valence-corrected chi connectivity index (χ0v) is 22.3. The maximum Gasteiger partial charge on any atom is 0.183 e. The van der Waals surface area contributed by atoms with Crippen LogP contribution in [0.1, 0.15) is 38.0 Å². The van der Waals surface area contributed by atoms with Crippen molar-refractivity contribution in [2.24, 2.45) is 16.2 Å². The first kappa shape index (κ1) is 26.5. The van der Waals surface area contributed by atoms with Crippen molar-refractivity contribution in [3.63, 3.8) is 0 Å². The Kier molecular flexibility index (Phi) is 9.46. The van der Waals surface area contributed by atoms with Gasteiger partial charge in [-0.05, 0) is 50.2 Å². The molecule has 2 rings (SSSR count). The van der Waals surface area contributed by atoms with E-state index in [1.807, 2.05) is 74.5 Å². The van der Waals surface area contributed by atoms with Crippen LogP contribution < -0.4 is 0 Å². The van der Waals surface area contributed by atoms with Gasteiger partial charge in [-0.15, -0.1) is 0 Å². The smallest absolute Gasteiger partial charge is 0.183 e. The fourth-order valence-corrected chi connectivity index (χ4v) is 5.79. The lowest BCUT2D eigenvalue weighted by atomic mass is 9.98. The van der Waals surface area contributed by atoms with Crippen LogP contribution in [0.5, 0.6) is 0 Å². The maximum absolute atomic E-state index is 14.2. The average Bonchev–Trinajstić information content (AvgIpc) is 2.74. The van der Waals surface area contributed by atoms with Crippen molar-refractivity contribution in [2.75, 3.05) is 6.61 Å². The molecule has 176 valence electrons. The third-order valence-corrected chi connectivity index (χ3v) is 8.40. The van der Waals surface area contributed by atoms with Crippen molar-refractivity contribution in [3.8, 4) is 0 Å². The van der Waals surface area contributed by atoms with Crippen molar-refractivity contribution < 1.29 is 13.7 Å². The van der Waals surface area contributed by atoms with E-state index in [4.69, 9.17) is 8.79 Å². The molecular formula is C26H39NO3SSi. The van der Waals surface area contributed by atoms with Crippen LogP contribution in [0.25, 0.3) is 0 Å². The van der Waals surface area contributed by atoms with Crippen LogP contribution in [-0.4, -0.2) is 30.3 Å². The highest BCUT2D eigenvalue weighted by molar-refractivity contribution is 7.96. The molecule has 0 saturated carbocycles. The van der Waals surface area contributed by atoms with E-state index in [0.717, 1.165) is 11.1 Å². The van der Waals surface area contributed by atoms with E-state index in [1.54, 1.807) is 5.41 Å². The highest BCUT2D eigenvalue weighted by Crippen LogP contribution is 2.26. The van der Waals surface area contributed by atoms with E-state index in [9.17, 15) is 9.32 Å². The van der Waals surface area contributed by atoms with Crippen LogP contribution in [0.3, 0.4) is 0 Å². The molecule has 1 N–H and O–H groups in total. The van der Waals surface area contributed by atoms with Crippen LogP contribution >= 0.6 is 0 Å². The molecule has 0 saturated heterocycles. The highest BCUT2D eigenvalue weighted by Gasteiger charge is 2.22. The van der Waals surface area contributed by atoms with Crippen LogP contribution in [0.15, 0.2) is 75.3 Å². The molecule has 6 heteroatoms. The molecule has 0 heterocycles. The van der Waals surface area contributed by atoms with Crippen LogP contribution in [0.2, 0.25) is 19.6 Å². The molecule has 0 amide bonds. The number of rotatable bonds is 10. The van der Waals surface area contributed by atoms with Gasteiger partial charge in [0, 0.05) is 11.3 Å². The summed E-state index contributed by atoms with van der Waals surface area (Å²) in [5, 5.41) is 12.4. The topological polar surface area (TPSA) is 58.9 Å².